The van der Waals surface area contributed by atoms with Gasteiger partial charge in [0.2, 0.25) is 0 Å². The van der Waals surface area contributed by atoms with Gasteiger partial charge in [-0.25, -0.2) is 0 Å². The number of nitrogens with zero attached hydrogens (tertiary/aromatic N) is 2. The summed E-state index contributed by atoms with van der Waals surface area (Å²) in [6.07, 6.45) is 1.92. The van der Waals surface area contributed by atoms with Crippen LogP contribution in [0.3, 0.4) is 0 Å². The van der Waals surface area contributed by atoms with Crippen LogP contribution >= 0.6 is 35.6 Å². The minimum Gasteiger partial charge on any atom is -0.381 e. The van der Waals surface area contributed by atoms with Gasteiger partial charge >= 0.3 is 0 Å². The van der Waals surface area contributed by atoms with Crippen molar-refractivity contribution in [3.8, 4) is 0 Å². The molecule has 2 N–H and O–H groups in total. The fraction of sp³-hybridized carbons (Fsp3) is 0.667. The summed E-state index contributed by atoms with van der Waals surface area (Å²) in [5.41, 5.74) is 1.24. The lowest BCUT2D eigenvalue weighted by Gasteiger charge is -2.37. The lowest BCUT2D eigenvalue weighted by Crippen LogP contribution is -2.45. The first-order chi connectivity index (χ1) is 13.7. The van der Waals surface area contributed by atoms with Crippen LogP contribution in [0.4, 0.5) is 0 Å². The first-order valence-corrected chi connectivity index (χ1v) is 10.8. The van der Waals surface area contributed by atoms with Gasteiger partial charge in [0.25, 0.3) is 0 Å². The van der Waals surface area contributed by atoms with Gasteiger partial charge in [-0.3, -0.25) is 9.89 Å². The molecule has 1 aromatic rings. The van der Waals surface area contributed by atoms with Crippen molar-refractivity contribution in [3.05, 3.63) is 34.9 Å². The van der Waals surface area contributed by atoms with Crippen molar-refractivity contribution in [2.45, 2.75) is 25.2 Å². The third-order valence-corrected chi connectivity index (χ3v) is 5.83. The first kappa shape index (κ1) is 24.7. The quantitative estimate of drug-likeness (QED) is 0.319. The molecule has 0 radical (unpaired) electrons. The van der Waals surface area contributed by atoms with E-state index >= 15 is 0 Å². The molecular formula is C21H34ClIN4O2. The summed E-state index contributed by atoms with van der Waals surface area (Å²) in [5.74, 6) is 0.878. The van der Waals surface area contributed by atoms with Crippen LogP contribution in [0.25, 0.3) is 0 Å². The van der Waals surface area contributed by atoms with Crippen LogP contribution in [0.5, 0.6) is 0 Å². The Morgan fingerprint density at radius 3 is 2.55 bits per heavy atom. The minimum atomic E-state index is -0.0181. The Bertz CT molecular complexity index is 635. The molecule has 0 unspecified atom stereocenters. The van der Waals surface area contributed by atoms with Crippen molar-refractivity contribution in [1.29, 1.82) is 0 Å². The molecule has 2 fully saturated rings. The van der Waals surface area contributed by atoms with Crippen molar-refractivity contribution in [3.63, 3.8) is 0 Å². The number of hydrogen-bond donors (Lipinski definition) is 2. The molecule has 0 aliphatic carbocycles. The second kappa shape index (κ2) is 12.9. The Balaban J connectivity index is 0.00000300. The number of nitrogens with one attached hydrogen (secondary N) is 2. The van der Waals surface area contributed by atoms with Gasteiger partial charge < -0.3 is 20.1 Å². The van der Waals surface area contributed by atoms with Crippen molar-refractivity contribution < 1.29 is 9.47 Å². The van der Waals surface area contributed by atoms with E-state index in [1.54, 1.807) is 0 Å². The van der Waals surface area contributed by atoms with E-state index in [0.717, 1.165) is 89.5 Å². The highest BCUT2D eigenvalue weighted by Crippen LogP contribution is 2.36. The lowest BCUT2D eigenvalue weighted by molar-refractivity contribution is 0.0389. The molecule has 2 aliphatic rings. The Labute approximate surface area is 196 Å². The van der Waals surface area contributed by atoms with Crippen molar-refractivity contribution in [1.82, 2.24) is 15.5 Å². The smallest absolute Gasteiger partial charge is 0.191 e. The van der Waals surface area contributed by atoms with Crippen molar-refractivity contribution in [2.24, 2.45) is 4.99 Å². The SMILES string of the molecule is CCNC(=NCC1(c2cccc(Cl)c2)CCOCC1)NCCN1CCOCC1.I. The molecule has 0 atom stereocenters. The van der Waals surface area contributed by atoms with Crippen molar-refractivity contribution in [2.75, 3.05) is 65.7 Å². The standard InChI is InChI=1S/C21H33ClN4O2.HI/c1-2-23-20(24-8-9-26-10-14-28-15-11-26)25-17-21(6-12-27-13-7-21)18-4-3-5-19(22)16-18;/h3-5,16H,2,6-15,17H2,1H3,(H2,23,24,25);1H. The number of aliphatic imine (C=N–C) groups is 1. The number of morpholine rings is 1. The first-order valence-electron chi connectivity index (χ1n) is 10.4. The molecule has 164 valence electrons. The van der Waals surface area contributed by atoms with E-state index in [4.69, 9.17) is 26.1 Å². The highest BCUT2D eigenvalue weighted by Gasteiger charge is 2.34. The van der Waals surface area contributed by atoms with E-state index in [2.05, 4.69) is 34.6 Å². The fourth-order valence-electron chi connectivity index (χ4n) is 3.85. The number of halogens is 2. The zero-order valence-corrected chi connectivity index (χ0v) is 20.4. The van der Waals surface area contributed by atoms with Crippen LogP contribution in [0, 0.1) is 0 Å². The van der Waals surface area contributed by atoms with E-state index in [1.807, 2.05) is 12.1 Å². The third-order valence-electron chi connectivity index (χ3n) is 5.60. The number of hydrogen-bond acceptors (Lipinski definition) is 4. The molecule has 3 rings (SSSR count). The molecule has 0 aromatic heterocycles. The molecule has 2 aliphatic heterocycles. The van der Waals surface area contributed by atoms with E-state index < -0.39 is 0 Å². The van der Waals surface area contributed by atoms with Gasteiger partial charge in [-0.15, -0.1) is 24.0 Å². The predicted molar refractivity (Wildman–Crippen MR) is 130 cm³/mol. The lowest BCUT2D eigenvalue weighted by atomic mass is 9.74. The fourth-order valence-corrected chi connectivity index (χ4v) is 4.04. The maximum Gasteiger partial charge on any atom is 0.191 e. The topological polar surface area (TPSA) is 58.1 Å². The monoisotopic (exact) mass is 536 g/mol. The Morgan fingerprint density at radius 1 is 1.14 bits per heavy atom. The summed E-state index contributed by atoms with van der Waals surface area (Å²) in [6, 6.07) is 8.22. The molecule has 2 heterocycles. The molecule has 0 bridgehead atoms. The summed E-state index contributed by atoms with van der Waals surface area (Å²) < 4.78 is 11.0. The molecule has 8 heteroatoms. The predicted octanol–water partition coefficient (Wildman–Crippen LogP) is 2.89. The third kappa shape index (κ3) is 7.54. The van der Waals surface area contributed by atoms with Crippen LogP contribution in [-0.2, 0) is 14.9 Å². The van der Waals surface area contributed by atoms with Gasteiger partial charge in [-0.05, 0) is 37.5 Å². The number of guanidine groups is 1. The molecule has 0 saturated carbocycles. The van der Waals surface area contributed by atoms with Crippen LogP contribution < -0.4 is 10.6 Å². The maximum atomic E-state index is 6.28. The Kier molecular flexibility index (Phi) is 11.0. The molecule has 29 heavy (non-hydrogen) atoms. The van der Waals surface area contributed by atoms with Gasteiger partial charge in [-0.2, -0.15) is 0 Å². The number of benzene rings is 1. The van der Waals surface area contributed by atoms with E-state index in [1.165, 1.54) is 5.56 Å². The minimum absolute atomic E-state index is 0. The van der Waals surface area contributed by atoms with Crippen LogP contribution in [0.2, 0.25) is 5.02 Å². The van der Waals surface area contributed by atoms with Crippen LogP contribution in [-0.4, -0.2) is 76.6 Å². The molecule has 6 nitrogen and oxygen atoms in total. The zero-order chi connectivity index (χ0) is 19.7. The largest absolute Gasteiger partial charge is 0.381 e. The van der Waals surface area contributed by atoms with E-state index in [0.29, 0.717) is 0 Å². The van der Waals surface area contributed by atoms with Gasteiger partial charge in [0, 0.05) is 56.4 Å². The summed E-state index contributed by atoms with van der Waals surface area (Å²) in [4.78, 5) is 7.37. The van der Waals surface area contributed by atoms with Crippen LogP contribution in [0.1, 0.15) is 25.3 Å². The average molecular weight is 537 g/mol. The summed E-state index contributed by atoms with van der Waals surface area (Å²) >= 11 is 6.28. The summed E-state index contributed by atoms with van der Waals surface area (Å²) in [5, 5.41) is 7.65. The maximum absolute atomic E-state index is 6.28. The second-order valence-corrected chi connectivity index (χ2v) is 7.92. The highest BCUT2D eigenvalue weighted by atomic mass is 127. The molecule has 0 amide bonds. The van der Waals surface area contributed by atoms with Gasteiger partial charge in [0.15, 0.2) is 5.96 Å². The second-order valence-electron chi connectivity index (χ2n) is 7.48. The normalized spacial score (nSPS) is 20.0. The van der Waals surface area contributed by atoms with Crippen molar-refractivity contribution >= 4 is 41.5 Å². The van der Waals surface area contributed by atoms with E-state index in [9.17, 15) is 0 Å². The molecule has 2 saturated heterocycles. The van der Waals surface area contributed by atoms with Gasteiger partial charge in [-0.1, -0.05) is 23.7 Å². The highest BCUT2D eigenvalue weighted by molar-refractivity contribution is 14.0. The van der Waals surface area contributed by atoms with Crippen LogP contribution in [0.15, 0.2) is 29.3 Å². The van der Waals surface area contributed by atoms with Gasteiger partial charge in [0.1, 0.15) is 0 Å². The number of rotatable bonds is 7. The summed E-state index contributed by atoms with van der Waals surface area (Å²) in [6.45, 7) is 10.8. The molecule has 1 aromatic carbocycles. The number of ether oxygens (including phenoxy) is 2. The summed E-state index contributed by atoms with van der Waals surface area (Å²) in [7, 11) is 0. The Hall–Kier alpha value is -0.610. The molecule has 0 spiro atoms. The zero-order valence-electron chi connectivity index (χ0n) is 17.3. The Morgan fingerprint density at radius 2 is 1.86 bits per heavy atom. The van der Waals surface area contributed by atoms with Gasteiger partial charge in [0.05, 0.1) is 19.8 Å². The average Bonchev–Trinajstić information content (AvgIpc) is 2.73. The molecular weight excluding hydrogens is 503 g/mol. The van der Waals surface area contributed by atoms with E-state index in [-0.39, 0.29) is 29.4 Å².